The molecule has 1 aliphatic heterocycles. The van der Waals surface area contributed by atoms with E-state index in [1.807, 2.05) is 104 Å². The van der Waals surface area contributed by atoms with Gasteiger partial charge in [0.25, 0.3) is 0 Å². The van der Waals surface area contributed by atoms with Crippen LogP contribution in [-0.4, -0.2) is 31.1 Å². The Morgan fingerprint density at radius 1 is 0.267 bits per heavy atom. The van der Waals surface area contributed by atoms with Crippen LogP contribution in [0.5, 0.6) is 0 Å². The topological polar surface area (TPSA) is 76.8 Å². The number of nitrogens with zero attached hydrogens (tertiary/aromatic N) is 6. The van der Waals surface area contributed by atoms with Crippen LogP contribution >= 0.6 is 0 Å². The van der Waals surface area contributed by atoms with Crippen LogP contribution in [0.3, 0.4) is 0 Å². The molecule has 0 amide bonds. The van der Waals surface area contributed by atoms with Gasteiger partial charge in [-0.15, -0.1) is 0 Å². The molecule has 0 fully saturated rings. The molecule has 0 bridgehead atoms. The van der Waals surface area contributed by atoms with Crippen LogP contribution in [-0.2, 0) is 0 Å². The summed E-state index contributed by atoms with van der Waals surface area (Å²) in [6.45, 7) is 8.87. The second kappa shape index (κ2) is 33.5. The third kappa shape index (κ3) is 15.5. The molecule has 5 heterocycles. The van der Waals surface area contributed by atoms with Crippen LogP contribution in [0.4, 0.5) is 0 Å². The Bertz CT molecular complexity index is 6290. The lowest BCUT2D eigenvalue weighted by Crippen LogP contribution is -2.10. The van der Waals surface area contributed by atoms with Crippen LogP contribution in [0, 0.1) is 0 Å². The highest BCUT2D eigenvalue weighted by atomic mass is 14.8. The summed E-state index contributed by atoms with van der Waals surface area (Å²) in [7, 11) is 0. The zero-order valence-electron chi connectivity index (χ0n) is 64.0. The van der Waals surface area contributed by atoms with E-state index >= 15 is 0 Å². The van der Waals surface area contributed by atoms with Gasteiger partial charge in [0.05, 0.1) is 40.9 Å². The maximum absolute atomic E-state index is 5.09. The highest BCUT2D eigenvalue weighted by Gasteiger charge is 2.26. The Labute approximate surface area is 678 Å². The molecule has 3 atom stereocenters. The molecule has 1 aliphatic carbocycles. The van der Waals surface area contributed by atoms with E-state index in [0.29, 0.717) is 0 Å². The molecule has 4 aromatic heterocycles. The average Bonchev–Trinajstić information content (AvgIpc) is 0.780. The van der Waals surface area contributed by atoms with Crippen LogP contribution in [0.2, 0.25) is 0 Å². The van der Waals surface area contributed by atoms with Crippen LogP contribution in [0.25, 0.3) is 156 Å². The summed E-state index contributed by atoms with van der Waals surface area (Å²) in [5, 5.41) is 0. The zero-order valence-corrected chi connectivity index (χ0v) is 64.0. The van der Waals surface area contributed by atoms with Crippen LogP contribution in [0.15, 0.2) is 444 Å². The highest BCUT2D eigenvalue weighted by molar-refractivity contribution is 6.02. The lowest BCUT2D eigenvalue weighted by molar-refractivity contribution is 0.730. The predicted octanol–water partition coefficient (Wildman–Crippen LogP) is 28.2. The van der Waals surface area contributed by atoms with Crippen molar-refractivity contribution in [3.05, 3.63) is 466 Å². The molecular formula is C110H80N6. The molecule has 0 spiro atoms. The standard InChI is InChI=1S/C110H80N6/c1-3-94(76-42-52-82(53-43-76)106-35-17-21-63-112-106)95(4-2)88-66-89(101-30-12-7-25-96(101)77-40-38-75(39-41-77)87-24-6-5-20-62-111-72-87)68-90(67-88)102-31-13-8-28-99(102)80-48-58-85(59-49-80)109-73-116-110(74-115-109)86-60-50-81(51-61-86)100-29-11-16-34-105(100)93-70-91(103-32-14-9-26-97(103)78-44-54-83(55-45-78)107-36-18-22-64-113-107)69-92(71-93)104-33-15-10-27-98(104)79-46-56-84(57-47-79)108-37-19-23-65-114-108/h3-23,25-74,87,100,105H,1-2,24H2/b6-5-,62-20-,95-94-,111-72?. The van der Waals surface area contributed by atoms with Gasteiger partial charge in [0.1, 0.15) is 0 Å². The third-order valence-electron chi connectivity index (χ3n) is 22.3. The Morgan fingerprint density at radius 2 is 0.595 bits per heavy atom. The smallest absolute Gasteiger partial charge is 0.0885 e. The molecule has 12 aromatic carbocycles. The van der Waals surface area contributed by atoms with Crippen molar-refractivity contribution in [2.24, 2.45) is 4.99 Å². The Balaban J connectivity index is 0.641. The van der Waals surface area contributed by atoms with E-state index in [4.69, 9.17) is 9.97 Å². The number of aliphatic imine (C=N–C) groups is 1. The van der Waals surface area contributed by atoms with Gasteiger partial charge in [-0.2, -0.15) is 0 Å². The van der Waals surface area contributed by atoms with E-state index in [-0.39, 0.29) is 17.8 Å². The summed E-state index contributed by atoms with van der Waals surface area (Å²) >= 11 is 0. The lowest BCUT2D eigenvalue weighted by Gasteiger charge is -2.27. The van der Waals surface area contributed by atoms with Gasteiger partial charge in [-0.3, -0.25) is 29.9 Å². The number of benzene rings is 12. The second-order valence-corrected chi connectivity index (χ2v) is 29.3. The summed E-state index contributed by atoms with van der Waals surface area (Å²) in [4.78, 5) is 28.6. The van der Waals surface area contributed by atoms with Crippen molar-refractivity contribution < 1.29 is 0 Å². The number of hydrogen-bond donors (Lipinski definition) is 0. The summed E-state index contributed by atoms with van der Waals surface area (Å²) in [6.07, 6.45) is 33.4. The van der Waals surface area contributed by atoms with Gasteiger partial charge < -0.3 is 0 Å². The maximum Gasteiger partial charge on any atom is 0.0885 e. The second-order valence-electron chi connectivity index (χ2n) is 29.3. The molecule has 0 radical (unpaired) electrons. The van der Waals surface area contributed by atoms with Gasteiger partial charge in [0.2, 0.25) is 0 Å². The van der Waals surface area contributed by atoms with Gasteiger partial charge in [0.15, 0.2) is 0 Å². The molecule has 0 saturated heterocycles. The van der Waals surface area contributed by atoms with E-state index in [1.165, 1.54) is 16.7 Å². The first kappa shape index (κ1) is 72.6. The van der Waals surface area contributed by atoms with Gasteiger partial charge >= 0.3 is 0 Å². The van der Waals surface area contributed by atoms with E-state index in [1.54, 1.807) is 0 Å². The van der Waals surface area contributed by atoms with Gasteiger partial charge in [0, 0.05) is 76.6 Å². The first-order valence-electron chi connectivity index (χ1n) is 39.5. The Kier molecular flexibility index (Phi) is 21.0. The van der Waals surface area contributed by atoms with Crippen molar-refractivity contribution >= 4 is 17.4 Å². The molecular weight excluding hydrogens is 1410 g/mol. The van der Waals surface area contributed by atoms with E-state index in [0.717, 1.165) is 174 Å². The molecule has 116 heavy (non-hydrogen) atoms. The Hall–Kier alpha value is -15.0. The Morgan fingerprint density at radius 3 is 0.983 bits per heavy atom. The lowest BCUT2D eigenvalue weighted by atomic mass is 9.77. The van der Waals surface area contributed by atoms with E-state index in [9.17, 15) is 0 Å². The minimum absolute atomic E-state index is 0.0205. The first-order valence-corrected chi connectivity index (χ1v) is 39.5. The maximum atomic E-state index is 5.09. The fourth-order valence-electron chi connectivity index (χ4n) is 16.3. The number of rotatable bonds is 20. The normalized spacial score (nSPS) is 15.0. The number of aromatic nitrogens is 5. The van der Waals surface area contributed by atoms with E-state index in [2.05, 4.69) is 361 Å². The molecule has 550 valence electrons. The molecule has 0 saturated carbocycles. The quantitative estimate of drug-likeness (QED) is 0.0561. The summed E-state index contributed by atoms with van der Waals surface area (Å²) in [6, 6.07) is 120. The van der Waals surface area contributed by atoms with E-state index < -0.39 is 0 Å². The fraction of sp³-hybridized carbons (Fsp3) is 0.0364. The van der Waals surface area contributed by atoms with Crippen molar-refractivity contribution in [2.45, 2.75) is 24.2 Å². The van der Waals surface area contributed by atoms with Crippen molar-refractivity contribution in [1.29, 1.82) is 0 Å². The van der Waals surface area contributed by atoms with Crippen molar-refractivity contribution in [2.75, 3.05) is 0 Å². The summed E-state index contributed by atoms with van der Waals surface area (Å²) in [5.74, 6) is 0.253. The van der Waals surface area contributed by atoms with Gasteiger partial charge in [-0.1, -0.05) is 335 Å². The predicted molar refractivity (Wildman–Crippen MR) is 484 cm³/mol. The van der Waals surface area contributed by atoms with Gasteiger partial charge in [-0.05, 0) is 201 Å². The molecule has 0 N–H and O–H groups in total. The molecule has 6 nitrogen and oxygen atoms in total. The minimum atomic E-state index is 0.0205. The molecule has 3 unspecified atom stereocenters. The zero-order chi connectivity index (χ0) is 77.9. The van der Waals surface area contributed by atoms with Gasteiger partial charge in [-0.25, -0.2) is 0 Å². The summed E-state index contributed by atoms with van der Waals surface area (Å²) < 4.78 is 0. The monoisotopic (exact) mass is 1480 g/mol. The average molecular weight is 1490 g/mol. The first-order chi connectivity index (χ1) is 57.4. The number of hydrogen-bond acceptors (Lipinski definition) is 6. The summed E-state index contributed by atoms with van der Waals surface area (Å²) in [5.41, 5.74) is 35.3. The molecule has 2 aliphatic rings. The fourth-order valence-corrected chi connectivity index (χ4v) is 16.3. The molecule has 18 rings (SSSR count). The largest absolute Gasteiger partial charge is 0.268 e. The minimum Gasteiger partial charge on any atom is -0.268 e. The highest BCUT2D eigenvalue weighted by Crippen LogP contribution is 2.47. The van der Waals surface area contributed by atoms with Crippen molar-refractivity contribution in [3.63, 3.8) is 0 Å². The van der Waals surface area contributed by atoms with Crippen molar-refractivity contribution in [3.8, 4) is 145 Å². The molecule has 6 heteroatoms. The molecule has 16 aromatic rings. The number of allylic oxidation sites excluding steroid dienone is 11. The van der Waals surface area contributed by atoms with Crippen LogP contribution in [0.1, 0.15) is 52.0 Å². The third-order valence-corrected chi connectivity index (χ3v) is 22.3. The number of pyridine rings is 3. The van der Waals surface area contributed by atoms with Crippen LogP contribution < -0.4 is 0 Å². The SMILES string of the molecule is C=C/C(=C(\C=C)c1cc(-c2ccccc2-c2ccc(-c3cnc(-c4ccc(C5C=CC=CC5c5cc(-c6ccccc6-c6ccc(-c7ccccn7)cc6)cc(-c6ccccc6-c6ccc(-c7ccccn7)cc6)c5)cc4)cn3)cc2)cc(-c2ccccc2-c2ccc(C3C=N/C=C\C=C/C3)cc2)c1)c1ccc(-c2ccccn2)cc1. The van der Waals surface area contributed by atoms with Crippen molar-refractivity contribution in [1.82, 2.24) is 24.9 Å².